The second kappa shape index (κ2) is 6.87. The first-order valence-electron chi connectivity index (χ1n) is 6.33. The second-order valence-electron chi connectivity index (χ2n) is 4.38. The number of nitrogens with one attached hydrogen (secondary N) is 1. The minimum absolute atomic E-state index is 0.216. The minimum Gasteiger partial charge on any atom is -0.497 e. The van der Waals surface area contributed by atoms with Crippen molar-refractivity contribution < 1.29 is 19.6 Å². The van der Waals surface area contributed by atoms with E-state index in [-0.39, 0.29) is 17.1 Å². The summed E-state index contributed by atoms with van der Waals surface area (Å²) in [6, 6.07) is 10.2. The highest BCUT2D eigenvalue weighted by Crippen LogP contribution is 2.11. The van der Waals surface area contributed by atoms with Gasteiger partial charge in [-0.3, -0.25) is 9.78 Å². The normalized spacial score (nSPS) is 10.0. The van der Waals surface area contributed by atoms with E-state index in [0.717, 1.165) is 11.3 Å². The summed E-state index contributed by atoms with van der Waals surface area (Å²) >= 11 is 0. The Balaban J connectivity index is 1.94. The molecular formula is C14H15BN2O4. The lowest BCUT2D eigenvalue weighted by Crippen LogP contribution is -2.31. The molecule has 1 aromatic carbocycles. The number of carbonyl (C=O) groups excluding carboxylic acids is 1. The molecule has 0 aliphatic heterocycles. The number of benzene rings is 1. The van der Waals surface area contributed by atoms with Crippen LogP contribution in [0, 0.1) is 0 Å². The van der Waals surface area contributed by atoms with Gasteiger partial charge in [0.05, 0.1) is 7.11 Å². The van der Waals surface area contributed by atoms with Gasteiger partial charge in [-0.15, -0.1) is 0 Å². The van der Waals surface area contributed by atoms with E-state index in [4.69, 9.17) is 14.8 Å². The molecule has 1 aromatic heterocycles. The highest BCUT2D eigenvalue weighted by atomic mass is 16.5. The van der Waals surface area contributed by atoms with Gasteiger partial charge in [-0.05, 0) is 23.8 Å². The highest BCUT2D eigenvalue weighted by Gasteiger charge is 2.13. The van der Waals surface area contributed by atoms with Crippen LogP contribution >= 0.6 is 0 Å². The van der Waals surface area contributed by atoms with Gasteiger partial charge in [-0.2, -0.15) is 0 Å². The molecule has 0 spiro atoms. The maximum atomic E-state index is 11.9. The predicted molar refractivity (Wildman–Crippen MR) is 78.2 cm³/mol. The molecule has 0 saturated heterocycles. The summed E-state index contributed by atoms with van der Waals surface area (Å²) in [5, 5.41) is 20.6. The number of amides is 1. The Bertz CT molecular complexity index is 599. The Morgan fingerprint density at radius 1 is 1.24 bits per heavy atom. The summed E-state index contributed by atoms with van der Waals surface area (Å²) < 4.78 is 5.06. The van der Waals surface area contributed by atoms with Crippen molar-refractivity contribution in [1.82, 2.24) is 10.3 Å². The number of hydrogen-bond acceptors (Lipinski definition) is 5. The molecule has 7 heteroatoms. The molecule has 6 nitrogen and oxygen atoms in total. The van der Waals surface area contributed by atoms with Crippen molar-refractivity contribution in [2.24, 2.45) is 0 Å². The largest absolute Gasteiger partial charge is 0.497 e. The van der Waals surface area contributed by atoms with E-state index < -0.39 is 7.12 Å². The quantitative estimate of drug-likeness (QED) is 0.656. The van der Waals surface area contributed by atoms with Crippen molar-refractivity contribution in [3.8, 4) is 5.75 Å². The SMILES string of the molecule is COc1ccc(CNC(=O)c2ccc(B(O)O)cn2)cc1. The average molecular weight is 286 g/mol. The first kappa shape index (κ1) is 15.0. The molecule has 1 heterocycles. The van der Waals surface area contributed by atoms with Crippen LogP contribution in [0.15, 0.2) is 42.6 Å². The van der Waals surface area contributed by atoms with Crippen molar-refractivity contribution in [2.45, 2.75) is 6.54 Å². The van der Waals surface area contributed by atoms with Crippen molar-refractivity contribution in [1.29, 1.82) is 0 Å². The molecule has 2 rings (SSSR count). The molecule has 1 amide bonds. The maximum absolute atomic E-state index is 11.9. The topological polar surface area (TPSA) is 91.7 Å². The fourth-order valence-electron chi connectivity index (χ4n) is 1.71. The van der Waals surface area contributed by atoms with E-state index in [2.05, 4.69) is 10.3 Å². The Kier molecular flexibility index (Phi) is 4.92. The number of rotatable bonds is 5. The first-order chi connectivity index (χ1) is 10.1. The van der Waals surface area contributed by atoms with E-state index in [9.17, 15) is 4.79 Å². The van der Waals surface area contributed by atoms with Crippen LogP contribution in [-0.4, -0.2) is 35.2 Å². The summed E-state index contributed by atoms with van der Waals surface area (Å²) in [6.07, 6.45) is 1.26. The fraction of sp³-hybridized carbons (Fsp3) is 0.143. The van der Waals surface area contributed by atoms with Gasteiger partial charge in [-0.25, -0.2) is 0 Å². The molecule has 0 aliphatic carbocycles. The van der Waals surface area contributed by atoms with Crippen LogP contribution in [0.25, 0.3) is 0 Å². The van der Waals surface area contributed by atoms with E-state index in [0.29, 0.717) is 6.54 Å². The number of pyridine rings is 1. The zero-order valence-electron chi connectivity index (χ0n) is 11.5. The zero-order chi connectivity index (χ0) is 15.2. The molecule has 21 heavy (non-hydrogen) atoms. The molecule has 0 fully saturated rings. The van der Waals surface area contributed by atoms with Gasteiger partial charge < -0.3 is 20.1 Å². The summed E-state index contributed by atoms with van der Waals surface area (Å²) in [7, 11) is 0.00372. The molecule has 0 atom stereocenters. The van der Waals surface area contributed by atoms with Crippen LogP contribution in [-0.2, 0) is 6.54 Å². The number of carbonyl (C=O) groups is 1. The Morgan fingerprint density at radius 2 is 1.95 bits per heavy atom. The van der Waals surface area contributed by atoms with Crippen molar-refractivity contribution in [2.75, 3.05) is 7.11 Å². The molecule has 0 radical (unpaired) electrons. The van der Waals surface area contributed by atoms with Gasteiger partial charge in [0.1, 0.15) is 11.4 Å². The maximum Gasteiger partial charge on any atom is 0.490 e. The molecule has 2 aromatic rings. The molecule has 108 valence electrons. The van der Waals surface area contributed by atoms with Gasteiger partial charge in [0.15, 0.2) is 0 Å². The standard InChI is InChI=1S/C14H15BN2O4/c1-21-12-5-2-10(3-6-12)8-17-14(18)13-7-4-11(9-16-13)15(19)20/h2-7,9,19-20H,8H2,1H3,(H,17,18). The third-order valence-corrected chi connectivity index (χ3v) is 2.93. The molecule has 0 saturated carbocycles. The molecule has 0 aliphatic rings. The van der Waals surface area contributed by atoms with E-state index in [1.165, 1.54) is 18.3 Å². The highest BCUT2D eigenvalue weighted by molar-refractivity contribution is 6.58. The zero-order valence-corrected chi connectivity index (χ0v) is 11.5. The van der Waals surface area contributed by atoms with Crippen LogP contribution in [0.5, 0.6) is 5.75 Å². The van der Waals surface area contributed by atoms with Crippen LogP contribution < -0.4 is 15.5 Å². The predicted octanol–water partition coefficient (Wildman–Crippen LogP) is -0.300. The Morgan fingerprint density at radius 3 is 2.48 bits per heavy atom. The summed E-state index contributed by atoms with van der Waals surface area (Å²) in [4.78, 5) is 15.8. The third-order valence-electron chi connectivity index (χ3n) is 2.93. The lowest BCUT2D eigenvalue weighted by atomic mass is 9.82. The van der Waals surface area contributed by atoms with Gasteiger partial charge in [0.2, 0.25) is 0 Å². The van der Waals surface area contributed by atoms with Gasteiger partial charge in [0, 0.05) is 18.2 Å². The monoisotopic (exact) mass is 286 g/mol. The van der Waals surface area contributed by atoms with Crippen LogP contribution in [0.2, 0.25) is 0 Å². The van der Waals surface area contributed by atoms with Crippen LogP contribution in [0.1, 0.15) is 16.1 Å². The van der Waals surface area contributed by atoms with Crippen LogP contribution in [0.3, 0.4) is 0 Å². The van der Waals surface area contributed by atoms with Gasteiger partial charge in [0.25, 0.3) is 5.91 Å². The number of aromatic nitrogens is 1. The minimum atomic E-state index is -1.59. The number of hydrogen-bond donors (Lipinski definition) is 3. The lowest BCUT2D eigenvalue weighted by Gasteiger charge is -2.06. The van der Waals surface area contributed by atoms with Gasteiger partial charge >= 0.3 is 7.12 Å². The third kappa shape index (κ3) is 4.04. The number of ether oxygens (including phenoxy) is 1. The average Bonchev–Trinajstić information content (AvgIpc) is 2.53. The van der Waals surface area contributed by atoms with Crippen molar-refractivity contribution in [3.63, 3.8) is 0 Å². The smallest absolute Gasteiger partial charge is 0.490 e. The van der Waals surface area contributed by atoms with E-state index in [1.807, 2.05) is 24.3 Å². The van der Waals surface area contributed by atoms with Crippen LogP contribution in [0.4, 0.5) is 0 Å². The molecule has 3 N–H and O–H groups in total. The lowest BCUT2D eigenvalue weighted by molar-refractivity contribution is 0.0946. The van der Waals surface area contributed by atoms with E-state index in [1.54, 1.807) is 7.11 Å². The number of nitrogens with zero attached hydrogens (tertiary/aromatic N) is 1. The number of methoxy groups -OCH3 is 1. The van der Waals surface area contributed by atoms with Gasteiger partial charge in [-0.1, -0.05) is 18.2 Å². The van der Waals surface area contributed by atoms with E-state index >= 15 is 0 Å². The molecule has 0 unspecified atom stereocenters. The second-order valence-corrected chi connectivity index (χ2v) is 4.38. The Hall–Kier alpha value is -2.38. The van der Waals surface area contributed by atoms with Crippen molar-refractivity contribution in [3.05, 3.63) is 53.9 Å². The summed E-state index contributed by atoms with van der Waals surface area (Å²) in [5.74, 6) is 0.426. The first-order valence-corrected chi connectivity index (χ1v) is 6.33. The summed E-state index contributed by atoms with van der Waals surface area (Å²) in [5.41, 5.74) is 1.39. The fourth-order valence-corrected chi connectivity index (χ4v) is 1.71. The van der Waals surface area contributed by atoms with Crippen molar-refractivity contribution >= 4 is 18.5 Å². The Labute approximate surface area is 122 Å². The molecule has 0 bridgehead atoms. The summed E-state index contributed by atoms with van der Waals surface area (Å²) in [6.45, 7) is 0.370. The molecular weight excluding hydrogens is 271 g/mol.